The van der Waals surface area contributed by atoms with E-state index in [1.165, 1.54) is 25.0 Å². The molecule has 114 valence electrons. The Morgan fingerprint density at radius 2 is 2.19 bits per heavy atom. The Morgan fingerprint density at radius 3 is 2.86 bits per heavy atom. The third-order valence-corrected chi connectivity index (χ3v) is 4.77. The maximum absolute atomic E-state index is 13.5. The van der Waals surface area contributed by atoms with Crippen molar-refractivity contribution in [2.45, 2.75) is 57.9 Å². The highest BCUT2D eigenvalue weighted by Gasteiger charge is 2.31. The minimum absolute atomic E-state index is 0.175. The zero-order chi connectivity index (χ0) is 15.2. The first-order chi connectivity index (χ1) is 9.87. The highest BCUT2D eigenvalue weighted by atomic mass is 35.5. The van der Waals surface area contributed by atoms with Crippen molar-refractivity contribution in [3.63, 3.8) is 0 Å². The summed E-state index contributed by atoms with van der Waals surface area (Å²) in [7, 11) is 0. The maximum atomic E-state index is 13.5. The van der Waals surface area contributed by atoms with Crippen LogP contribution in [0.2, 0.25) is 0 Å². The number of halogens is 2. The van der Waals surface area contributed by atoms with Gasteiger partial charge in [0.05, 0.1) is 16.4 Å². The van der Waals surface area contributed by atoms with Crippen molar-refractivity contribution in [3.8, 4) is 0 Å². The molecule has 21 heavy (non-hydrogen) atoms. The first-order valence-electron chi connectivity index (χ1n) is 7.69. The fourth-order valence-electron chi connectivity index (χ4n) is 3.63. The molecule has 0 N–H and O–H groups in total. The van der Waals surface area contributed by atoms with Crippen LogP contribution in [0.25, 0.3) is 11.0 Å². The van der Waals surface area contributed by atoms with Crippen molar-refractivity contribution >= 4 is 22.6 Å². The van der Waals surface area contributed by atoms with Gasteiger partial charge in [-0.1, -0.05) is 20.3 Å². The second kappa shape index (κ2) is 5.28. The topological polar surface area (TPSA) is 17.8 Å². The van der Waals surface area contributed by atoms with Gasteiger partial charge < -0.3 is 4.57 Å². The Labute approximate surface area is 130 Å². The summed E-state index contributed by atoms with van der Waals surface area (Å²) in [6.07, 6.45) is 4.74. The van der Waals surface area contributed by atoms with E-state index in [9.17, 15) is 4.39 Å². The summed E-state index contributed by atoms with van der Waals surface area (Å²) in [6, 6.07) is 5.25. The van der Waals surface area contributed by atoms with Crippen molar-refractivity contribution < 1.29 is 4.39 Å². The molecule has 0 spiro atoms. The second-order valence-corrected chi connectivity index (χ2v) is 7.66. The molecule has 1 aromatic heterocycles. The number of nitrogens with zero attached hydrogens (tertiary/aromatic N) is 2. The summed E-state index contributed by atoms with van der Waals surface area (Å²) >= 11 is 6.33. The van der Waals surface area contributed by atoms with E-state index in [2.05, 4.69) is 23.4 Å². The quantitative estimate of drug-likeness (QED) is 0.659. The largest absolute Gasteiger partial charge is 0.324 e. The van der Waals surface area contributed by atoms with Crippen molar-refractivity contribution in [2.24, 2.45) is 5.41 Å². The van der Waals surface area contributed by atoms with Crippen molar-refractivity contribution in [1.29, 1.82) is 0 Å². The van der Waals surface area contributed by atoms with Crippen molar-refractivity contribution in [3.05, 3.63) is 29.8 Å². The van der Waals surface area contributed by atoms with Crippen LogP contribution in [0.3, 0.4) is 0 Å². The highest BCUT2D eigenvalue weighted by Crippen LogP contribution is 2.43. The Morgan fingerprint density at radius 1 is 1.43 bits per heavy atom. The molecule has 0 bridgehead atoms. The van der Waals surface area contributed by atoms with Gasteiger partial charge in [0, 0.05) is 12.1 Å². The Hall–Kier alpha value is -1.09. The normalized spacial score (nSPS) is 23.4. The molecule has 3 rings (SSSR count). The van der Waals surface area contributed by atoms with Gasteiger partial charge in [-0.15, -0.1) is 11.6 Å². The summed E-state index contributed by atoms with van der Waals surface area (Å²) in [5.41, 5.74) is 2.05. The van der Waals surface area contributed by atoms with Gasteiger partial charge in [0.25, 0.3) is 0 Å². The molecule has 1 aliphatic carbocycles. The van der Waals surface area contributed by atoms with Crippen LogP contribution in [0.4, 0.5) is 4.39 Å². The van der Waals surface area contributed by atoms with Gasteiger partial charge >= 0.3 is 0 Å². The van der Waals surface area contributed by atoms with Gasteiger partial charge in [0.1, 0.15) is 11.6 Å². The Kier molecular flexibility index (Phi) is 3.73. The lowest BCUT2D eigenvalue weighted by Gasteiger charge is -2.37. The van der Waals surface area contributed by atoms with E-state index >= 15 is 0 Å². The van der Waals surface area contributed by atoms with Crippen LogP contribution in [0, 0.1) is 11.2 Å². The van der Waals surface area contributed by atoms with Gasteiger partial charge in [0.2, 0.25) is 0 Å². The summed E-state index contributed by atoms with van der Waals surface area (Å²) < 4.78 is 15.7. The fourth-order valence-corrected chi connectivity index (χ4v) is 3.79. The molecule has 0 radical (unpaired) electrons. The molecule has 1 aliphatic rings. The molecule has 0 aliphatic heterocycles. The van der Waals surface area contributed by atoms with Gasteiger partial charge in [-0.2, -0.15) is 0 Å². The van der Waals surface area contributed by atoms with Crippen LogP contribution in [-0.4, -0.2) is 9.55 Å². The van der Waals surface area contributed by atoms with Crippen LogP contribution in [0.5, 0.6) is 0 Å². The maximum Gasteiger partial charge on any atom is 0.127 e. The van der Waals surface area contributed by atoms with Gasteiger partial charge in [-0.25, -0.2) is 9.37 Å². The fraction of sp³-hybridized carbons (Fsp3) is 0.588. The summed E-state index contributed by atoms with van der Waals surface area (Å²) in [5, 5.41) is -0.175. The van der Waals surface area contributed by atoms with Crippen LogP contribution in [0.1, 0.15) is 63.7 Å². The molecule has 4 heteroatoms. The number of imidazole rings is 1. The van der Waals surface area contributed by atoms with Crippen LogP contribution in [0.15, 0.2) is 18.2 Å². The van der Waals surface area contributed by atoms with E-state index < -0.39 is 0 Å². The van der Waals surface area contributed by atoms with Crippen LogP contribution >= 0.6 is 11.6 Å². The molecule has 0 saturated heterocycles. The van der Waals surface area contributed by atoms with Gasteiger partial charge in [-0.05, 0) is 43.7 Å². The lowest BCUT2D eigenvalue weighted by atomic mass is 9.75. The minimum Gasteiger partial charge on any atom is -0.324 e. The monoisotopic (exact) mass is 308 g/mol. The van der Waals surface area contributed by atoms with E-state index in [4.69, 9.17) is 11.6 Å². The molecule has 2 nitrogen and oxygen atoms in total. The molecule has 1 fully saturated rings. The molecule has 2 aromatic rings. The molecule has 2 atom stereocenters. The number of alkyl halides is 1. The number of benzene rings is 1. The van der Waals surface area contributed by atoms with E-state index in [1.54, 1.807) is 0 Å². The number of aromatic nitrogens is 2. The average molecular weight is 309 g/mol. The summed E-state index contributed by atoms with van der Waals surface area (Å²) in [6.45, 7) is 6.58. The van der Waals surface area contributed by atoms with Crippen LogP contribution in [-0.2, 0) is 0 Å². The van der Waals surface area contributed by atoms with E-state index in [0.29, 0.717) is 17.0 Å². The third kappa shape index (κ3) is 2.80. The van der Waals surface area contributed by atoms with Crippen LogP contribution < -0.4 is 0 Å². The molecular formula is C17H22ClFN2. The Bertz CT molecular complexity index is 660. The van der Waals surface area contributed by atoms with Crippen molar-refractivity contribution in [2.75, 3.05) is 0 Å². The second-order valence-electron chi connectivity index (χ2n) is 7.00. The first kappa shape index (κ1) is 14.8. The SMILES string of the molecule is CC(Cl)c1nc2cc(F)ccc2n1C1CCCC(C)(C)C1. The standard InChI is InChI=1S/C17H22ClFN2/c1-11(18)16-20-14-9-12(19)6-7-15(14)21(16)13-5-4-8-17(2,3)10-13/h6-7,9,11,13H,4-5,8,10H2,1-3H3. The zero-order valence-electron chi connectivity index (χ0n) is 12.9. The summed E-state index contributed by atoms with van der Waals surface area (Å²) in [4.78, 5) is 4.59. The number of hydrogen-bond donors (Lipinski definition) is 0. The van der Waals surface area contributed by atoms with E-state index in [-0.39, 0.29) is 11.2 Å². The molecule has 1 aromatic carbocycles. The lowest BCUT2D eigenvalue weighted by molar-refractivity contribution is 0.183. The van der Waals surface area contributed by atoms with Crippen molar-refractivity contribution in [1.82, 2.24) is 9.55 Å². The predicted octanol–water partition coefficient (Wildman–Crippen LogP) is 5.62. The Balaban J connectivity index is 2.13. The van der Waals surface area contributed by atoms with Gasteiger partial charge in [0.15, 0.2) is 0 Å². The smallest absolute Gasteiger partial charge is 0.127 e. The molecule has 1 saturated carbocycles. The number of hydrogen-bond acceptors (Lipinski definition) is 1. The molecule has 0 amide bonds. The highest BCUT2D eigenvalue weighted by molar-refractivity contribution is 6.20. The number of fused-ring (bicyclic) bond motifs is 1. The predicted molar refractivity (Wildman–Crippen MR) is 85.2 cm³/mol. The van der Waals surface area contributed by atoms with E-state index in [0.717, 1.165) is 24.2 Å². The zero-order valence-corrected chi connectivity index (χ0v) is 13.6. The summed E-state index contributed by atoms with van der Waals surface area (Å²) in [5.74, 6) is 0.616. The lowest BCUT2D eigenvalue weighted by Crippen LogP contribution is -2.26. The molecule has 2 unspecified atom stereocenters. The first-order valence-corrected chi connectivity index (χ1v) is 8.12. The minimum atomic E-state index is -0.245. The average Bonchev–Trinajstić information content (AvgIpc) is 2.76. The van der Waals surface area contributed by atoms with E-state index in [1.807, 2.05) is 13.0 Å². The molecule has 1 heterocycles. The number of rotatable bonds is 2. The third-order valence-electron chi connectivity index (χ3n) is 4.58. The van der Waals surface area contributed by atoms with Gasteiger partial charge in [-0.3, -0.25) is 0 Å². The molecular weight excluding hydrogens is 287 g/mol.